The number of ether oxygens (including phenoxy) is 2. The van der Waals surface area contributed by atoms with Gasteiger partial charge in [0.2, 0.25) is 0 Å². The molecule has 0 atom stereocenters. The Labute approximate surface area is 341 Å². The Kier molecular flexibility index (Phi) is 18.7. The first-order chi connectivity index (χ1) is 26.1. The Morgan fingerprint density at radius 1 is 0.764 bits per heavy atom. The number of nitrogens with one attached hydrogen (secondary N) is 1. The van der Waals surface area contributed by atoms with Crippen LogP contribution in [0.25, 0.3) is 11.1 Å². The standard InChI is InChI=1S/C34H44NO5SSi.3C4H9.Sn/c1-11-31-28(20-21-35-41(36,37)30-18-12-26(8)13-19-30)22-32(38-9)34(39-10)33(31)27-14-16-29(17-15-27)40-42(23(2)3,24(4)5)25(6)7;3*1-3-4-2;/h12-19,22-25,35H,20-21H2,2-10H3;3*1,3-4H2,2H3;. The van der Waals surface area contributed by atoms with Crippen molar-refractivity contribution in [2.45, 2.75) is 149 Å². The van der Waals surface area contributed by atoms with E-state index in [1.165, 1.54) is 51.8 Å². The second-order valence-corrected chi connectivity index (χ2v) is 35.7. The molecule has 0 aliphatic rings. The minimum absolute atomic E-state index is 0.217. The van der Waals surface area contributed by atoms with Crippen LogP contribution in [0.5, 0.6) is 17.2 Å². The minimum atomic E-state index is -3.70. The third-order valence-corrected chi connectivity index (χ3v) is 32.0. The second kappa shape index (κ2) is 21.9. The molecule has 55 heavy (non-hydrogen) atoms. The van der Waals surface area contributed by atoms with Crippen LogP contribution >= 0.6 is 0 Å². The Morgan fingerprint density at radius 3 is 1.75 bits per heavy atom. The predicted molar refractivity (Wildman–Crippen MR) is 239 cm³/mol. The quantitative estimate of drug-likeness (QED) is 0.0803. The van der Waals surface area contributed by atoms with Gasteiger partial charge in [-0.25, -0.2) is 0 Å². The molecule has 3 rings (SSSR count). The molecule has 3 aromatic rings. The van der Waals surface area contributed by atoms with Crippen LogP contribution in [0.1, 0.15) is 118 Å². The molecule has 0 bridgehead atoms. The number of aryl methyl sites for hydroxylation is 1. The van der Waals surface area contributed by atoms with Gasteiger partial charge in [-0.05, 0) is 6.92 Å². The maximum atomic E-state index is 13.4. The fourth-order valence-corrected chi connectivity index (χ4v) is 27.8. The third kappa shape index (κ3) is 12.0. The molecule has 9 heteroatoms. The van der Waals surface area contributed by atoms with E-state index in [1.54, 1.807) is 26.4 Å². The number of hydrogen-bond donors (Lipinski definition) is 1. The maximum absolute atomic E-state index is 13.4. The Bertz CT molecular complexity index is 1770. The summed E-state index contributed by atoms with van der Waals surface area (Å²) in [7, 11) is -2.51. The number of benzene rings is 3. The molecule has 0 fully saturated rings. The van der Waals surface area contributed by atoms with Crippen LogP contribution in [0.2, 0.25) is 29.9 Å². The van der Waals surface area contributed by atoms with E-state index in [0.29, 0.717) is 34.5 Å². The average molecular weight is 897 g/mol. The van der Waals surface area contributed by atoms with Gasteiger partial charge >= 0.3 is 336 Å². The Hall–Kier alpha value is -2.45. The van der Waals surface area contributed by atoms with Crippen LogP contribution in [0.15, 0.2) is 59.5 Å². The van der Waals surface area contributed by atoms with Crippen LogP contribution in [-0.4, -0.2) is 55.9 Å². The van der Waals surface area contributed by atoms with Crippen molar-refractivity contribution in [3.63, 3.8) is 0 Å². The summed E-state index contributed by atoms with van der Waals surface area (Å²) in [6.07, 6.45) is 7.64. The molecule has 3 aromatic carbocycles. The van der Waals surface area contributed by atoms with Crippen LogP contribution in [0.3, 0.4) is 0 Å². The van der Waals surface area contributed by atoms with Gasteiger partial charge in [-0.1, -0.05) is 0 Å². The molecule has 0 saturated heterocycles. The monoisotopic (exact) mass is 897 g/mol. The van der Waals surface area contributed by atoms with Crippen LogP contribution in [0, 0.1) is 16.8 Å². The first-order valence-electron chi connectivity index (χ1n) is 20.8. The summed E-state index contributed by atoms with van der Waals surface area (Å²) in [4.78, 5) is 0.259. The first kappa shape index (κ1) is 46.9. The van der Waals surface area contributed by atoms with Gasteiger partial charge in [-0.3, -0.25) is 0 Å². The first-order valence-corrected chi connectivity index (χ1v) is 31.9. The summed E-state index contributed by atoms with van der Waals surface area (Å²) in [5, 5.41) is 0. The number of rotatable bonds is 22. The van der Waals surface area contributed by atoms with E-state index in [0.717, 1.165) is 33.6 Å². The van der Waals surface area contributed by atoms with Gasteiger partial charge in [0.15, 0.2) is 0 Å². The van der Waals surface area contributed by atoms with Gasteiger partial charge in [-0.2, -0.15) is 0 Å². The van der Waals surface area contributed by atoms with Gasteiger partial charge in [0.25, 0.3) is 0 Å². The molecular formula is C46H71NO5SSiSn. The Morgan fingerprint density at radius 2 is 1.29 bits per heavy atom. The van der Waals surface area contributed by atoms with Crippen molar-refractivity contribution in [1.29, 1.82) is 0 Å². The SMILES string of the molecule is CCC[CH2][Sn]([C]#Cc1c(CCNS(=O)(=O)c2ccc(C)cc2)cc(OC)c(OC)c1-c1ccc(O[Si](C(C)C)(C(C)C)C(C)C)cc1)([CH2]CCC)[CH2]CCC. The molecule has 0 aliphatic heterocycles. The summed E-state index contributed by atoms with van der Waals surface area (Å²) in [6, 6.07) is 17.4. The van der Waals surface area contributed by atoms with Gasteiger partial charge in [-0.15, -0.1) is 0 Å². The summed E-state index contributed by atoms with van der Waals surface area (Å²) in [6.45, 7) is 22.9. The zero-order valence-corrected chi connectivity index (χ0v) is 40.8. The summed E-state index contributed by atoms with van der Waals surface area (Å²) >= 11 is -2.93. The van der Waals surface area contributed by atoms with E-state index in [4.69, 9.17) is 13.9 Å². The van der Waals surface area contributed by atoms with Crippen molar-refractivity contribution in [3.05, 3.63) is 71.3 Å². The second-order valence-electron chi connectivity index (χ2n) is 16.3. The molecule has 1 N–H and O–H groups in total. The third-order valence-electron chi connectivity index (χ3n) is 11.4. The van der Waals surface area contributed by atoms with Gasteiger partial charge in [0, 0.05) is 0 Å². The van der Waals surface area contributed by atoms with Crippen molar-refractivity contribution >= 4 is 36.7 Å². The Balaban J connectivity index is 2.28. The molecule has 0 unspecified atom stereocenters. The number of sulfonamides is 1. The van der Waals surface area contributed by atoms with Gasteiger partial charge < -0.3 is 0 Å². The van der Waals surface area contributed by atoms with E-state index in [-0.39, 0.29) is 11.4 Å². The molecule has 0 amide bonds. The van der Waals surface area contributed by atoms with E-state index in [1.807, 2.05) is 25.1 Å². The van der Waals surface area contributed by atoms with Crippen molar-refractivity contribution in [2.24, 2.45) is 0 Å². The van der Waals surface area contributed by atoms with E-state index >= 15 is 0 Å². The molecule has 0 radical (unpaired) electrons. The summed E-state index contributed by atoms with van der Waals surface area (Å²) in [5.41, 5.74) is 6.09. The van der Waals surface area contributed by atoms with E-state index in [9.17, 15) is 8.42 Å². The molecule has 6 nitrogen and oxygen atoms in total. The normalized spacial score (nSPS) is 12.3. The summed E-state index contributed by atoms with van der Waals surface area (Å²) in [5.74, 6) is 5.99. The zero-order valence-electron chi connectivity index (χ0n) is 36.2. The topological polar surface area (TPSA) is 73.9 Å². The fraction of sp³-hybridized carbons (Fsp3) is 0.565. The molecule has 0 heterocycles. The van der Waals surface area contributed by atoms with Gasteiger partial charge in [0.05, 0.1) is 0 Å². The predicted octanol–water partition coefficient (Wildman–Crippen LogP) is 12.5. The van der Waals surface area contributed by atoms with Crippen molar-refractivity contribution in [3.8, 4) is 38.2 Å². The van der Waals surface area contributed by atoms with Crippen LogP contribution in [-0.2, 0) is 16.4 Å². The molecule has 0 aliphatic carbocycles. The van der Waals surface area contributed by atoms with Crippen molar-refractivity contribution in [1.82, 2.24) is 4.72 Å². The number of unbranched alkanes of at least 4 members (excludes halogenated alkanes) is 3. The van der Waals surface area contributed by atoms with Crippen molar-refractivity contribution < 1.29 is 22.3 Å². The molecule has 0 spiro atoms. The number of hydrogen-bond acceptors (Lipinski definition) is 5. The average Bonchev–Trinajstić information content (AvgIpc) is 3.16. The molecular weight excluding hydrogens is 825 g/mol. The molecule has 0 saturated carbocycles. The van der Waals surface area contributed by atoms with Crippen LogP contribution < -0.4 is 18.6 Å². The molecule has 0 aromatic heterocycles. The number of methoxy groups -OCH3 is 2. The summed E-state index contributed by atoms with van der Waals surface area (Å²) < 4.78 is 56.7. The fourth-order valence-electron chi connectivity index (χ4n) is 8.33. The van der Waals surface area contributed by atoms with E-state index < -0.39 is 36.7 Å². The van der Waals surface area contributed by atoms with Gasteiger partial charge in [0.1, 0.15) is 0 Å². The van der Waals surface area contributed by atoms with E-state index in [2.05, 4.69) is 101 Å². The zero-order chi connectivity index (χ0) is 40.8. The van der Waals surface area contributed by atoms with Crippen molar-refractivity contribution in [2.75, 3.05) is 20.8 Å². The van der Waals surface area contributed by atoms with Crippen LogP contribution in [0.4, 0.5) is 0 Å². The molecule has 304 valence electrons.